The van der Waals surface area contributed by atoms with Crippen molar-refractivity contribution in [3.63, 3.8) is 0 Å². The Hall–Kier alpha value is -1.94. The quantitative estimate of drug-likeness (QED) is 0.639. The van der Waals surface area contributed by atoms with E-state index in [9.17, 15) is 4.39 Å². The zero-order valence-corrected chi connectivity index (χ0v) is 17.5. The summed E-state index contributed by atoms with van der Waals surface area (Å²) in [5.41, 5.74) is 10.5. The maximum atomic E-state index is 13.2. The molecular weight excluding hydrogens is 349 g/mol. The number of fused-ring (bicyclic) bond motifs is 1. The van der Waals surface area contributed by atoms with Gasteiger partial charge in [0.15, 0.2) is 0 Å². The fourth-order valence-electron chi connectivity index (χ4n) is 5.00. The van der Waals surface area contributed by atoms with Crippen molar-refractivity contribution in [3.8, 4) is 0 Å². The molecule has 0 saturated heterocycles. The van der Waals surface area contributed by atoms with E-state index >= 15 is 0 Å². The Labute approximate surface area is 169 Å². The van der Waals surface area contributed by atoms with Gasteiger partial charge in [-0.25, -0.2) is 9.38 Å². The number of aliphatic imine (C=N–C) groups is 1. The fourth-order valence-corrected chi connectivity index (χ4v) is 5.00. The van der Waals surface area contributed by atoms with Gasteiger partial charge in [0.25, 0.3) is 0 Å². The van der Waals surface area contributed by atoms with Crippen molar-refractivity contribution in [2.45, 2.75) is 65.3 Å². The van der Waals surface area contributed by atoms with Gasteiger partial charge in [-0.3, -0.25) is 0 Å². The lowest BCUT2D eigenvalue weighted by atomic mass is 9.67. The van der Waals surface area contributed by atoms with Crippen LogP contribution in [0.15, 0.2) is 52.7 Å². The van der Waals surface area contributed by atoms with Gasteiger partial charge in [0.1, 0.15) is 5.82 Å². The van der Waals surface area contributed by atoms with Crippen LogP contribution >= 0.6 is 0 Å². The molecule has 2 aliphatic carbocycles. The SMILES string of the molecule is CCCC(C[C@H]1CCC2=CC(=Nc3ccc(F)cc3)C(=CN)C[C@@]21C)NCC. The molecule has 0 radical (unpaired) electrons. The molecule has 4 heteroatoms. The van der Waals surface area contributed by atoms with E-state index in [-0.39, 0.29) is 11.2 Å². The number of hydrogen-bond donors (Lipinski definition) is 2. The molecular formula is C24H34FN3. The first-order chi connectivity index (χ1) is 13.5. The zero-order chi connectivity index (χ0) is 20.1. The molecule has 1 unspecified atom stereocenters. The lowest BCUT2D eigenvalue weighted by molar-refractivity contribution is 0.228. The van der Waals surface area contributed by atoms with Gasteiger partial charge in [0.05, 0.1) is 11.4 Å². The molecule has 0 heterocycles. The fraction of sp³-hybridized carbons (Fsp3) is 0.542. The van der Waals surface area contributed by atoms with E-state index in [0.29, 0.717) is 12.0 Å². The molecule has 0 amide bonds. The molecule has 152 valence electrons. The molecule has 3 nitrogen and oxygen atoms in total. The predicted octanol–water partition coefficient (Wildman–Crippen LogP) is 5.66. The molecule has 1 saturated carbocycles. The van der Waals surface area contributed by atoms with Crippen LogP contribution in [0.25, 0.3) is 0 Å². The topological polar surface area (TPSA) is 50.4 Å². The monoisotopic (exact) mass is 383 g/mol. The number of nitrogens with one attached hydrogen (secondary N) is 1. The van der Waals surface area contributed by atoms with Crippen molar-refractivity contribution in [1.29, 1.82) is 0 Å². The molecule has 3 atom stereocenters. The van der Waals surface area contributed by atoms with Gasteiger partial charge in [0, 0.05) is 6.04 Å². The lowest BCUT2D eigenvalue weighted by Gasteiger charge is -2.39. The van der Waals surface area contributed by atoms with E-state index in [2.05, 4.69) is 32.2 Å². The second-order valence-corrected chi connectivity index (χ2v) is 8.44. The minimum Gasteiger partial charge on any atom is -0.404 e. The average Bonchev–Trinajstić information content (AvgIpc) is 2.99. The van der Waals surface area contributed by atoms with Crippen molar-refractivity contribution in [3.05, 3.63) is 53.5 Å². The number of hydrogen-bond acceptors (Lipinski definition) is 3. The molecule has 3 rings (SSSR count). The minimum atomic E-state index is -0.242. The summed E-state index contributed by atoms with van der Waals surface area (Å²) in [6.07, 6.45) is 10.9. The molecule has 0 bridgehead atoms. The van der Waals surface area contributed by atoms with Crippen molar-refractivity contribution < 1.29 is 4.39 Å². The summed E-state index contributed by atoms with van der Waals surface area (Å²) in [6.45, 7) is 7.89. The van der Waals surface area contributed by atoms with Gasteiger partial charge in [-0.2, -0.15) is 0 Å². The first-order valence-corrected chi connectivity index (χ1v) is 10.7. The highest BCUT2D eigenvalue weighted by atomic mass is 19.1. The Balaban J connectivity index is 1.86. The van der Waals surface area contributed by atoms with E-state index in [1.165, 1.54) is 43.4 Å². The second kappa shape index (κ2) is 9.04. The predicted molar refractivity (Wildman–Crippen MR) is 116 cm³/mol. The summed E-state index contributed by atoms with van der Waals surface area (Å²) in [7, 11) is 0. The number of allylic oxidation sites excluding steroid dienone is 3. The summed E-state index contributed by atoms with van der Waals surface area (Å²) < 4.78 is 13.2. The molecule has 3 N–H and O–H groups in total. The molecule has 2 aliphatic rings. The van der Waals surface area contributed by atoms with Crippen molar-refractivity contribution in [1.82, 2.24) is 5.32 Å². The van der Waals surface area contributed by atoms with Crippen molar-refractivity contribution in [2.75, 3.05) is 6.54 Å². The normalized spacial score (nSPS) is 28.4. The summed E-state index contributed by atoms with van der Waals surface area (Å²) in [4.78, 5) is 4.76. The van der Waals surface area contributed by atoms with E-state index in [4.69, 9.17) is 10.7 Å². The third-order valence-electron chi connectivity index (χ3n) is 6.57. The van der Waals surface area contributed by atoms with Gasteiger partial charge in [0.2, 0.25) is 0 Å². The number of benzene rings is 1. The van der Waals surface area contributed by atoms with Gasteiger partial charge < -0.3 is 11.1 Å². The van der Waals surface area contributed by atoms with Crippen molar-refractivity contribution >= 4 is 11.4 Å². The van der Waals surface area contributed by atoms with E-state index in [1.54, 1.807) is 18.3 Å². The van der Waals surface area contributed by atoms with Gasteiger partial charge in [-0.15, -0.1) is 0 Å². The lowest BCUT2D eigenvalue weighted by Crippen LogP contribution is -2.36. The van der Waals surface area contributed by atoms with Crippen LogP contribution in [0.2, 0.25) is 0 Å². The Morgan fingerprint density at radius 2 is 2.07 bits per heavy atom. The van der Waals surface area contributed by atoms with Crippen LogP contribution in [0, 0.1) is 17.2 Å². The Kier molecular flexibility index (Phi) is 6.71. The van der Waals surface area contributed by atoms with E-state index in [0.717, 1.165) is 36.4 Å². The molecule has 28 heavy (non-hydrogen) atoms. The number of nitrogens with two attached hydrogens (primary N) is 1. The standard InChI is InChI=1S/C24H34FN3/c1-4-6-22(27-5-2)13-18-7-8-19-14-23(17(16-26)15-24(18,19)3)28-21-11-9-20(25)10-12-21/h9-12,14,16,18,22,27H,4-8,13,15,26H2,1-3H3/t18-,22?,24-/m1/s1. The average molecular weight is 384 g/mol. The van der Waals surface area contributed by atoms with Crippen LogP contribution in [0.1, 0.15) is 59.3 Å². The van der Waals surface area contributed by atoms with Crippen LogP contribution in [-0.2, 0) is 0 Å². The highest BCUT2D eigenvalue weighted by Gasteiger charge is 2.46. The number of rotatable bonds is 7. The van der Waals surface area contributed by atoms with Crippen LogP contribution in [-0.4, -0.2) is 18.3 Å². The first-order valence-electron chi connectivity index (χ1n) is 10.7. The molecule has 0 aromatic heterocycles. The first kappa shape index (κ1) is 20.8. The van der Waals surface area contributed by atoms with Crippen LogP contribution in [0.3, 0.4) is 0 Å². The highest BCUT2D eigenvalue weighted by molar-refractivity contribution is 6.11. The molecule has 0 spiro atoms. The summed E-state index contributed by atoms with van der Waals surface area (Å²) in [5.74, 6) is 0.422. The summed E-state index contributed by atoms with van der Waals surface area (Å²) in [5, 5.41) is 3.68. The summed E-state index contributed by atoms with van der Waals surface area (Å²) in [6, 6.07) is 6.92. The molecule has 1 fully saturated rings. The highest BCUT2D eigenvalue weighted by Crippen LogP contribution is 2.55. The molecule has 1 aromatic rings. The van der Waals surface area contributed by atoms with Crippen LogP contribution < -0.4 is 11.1 Å². The molecule has 0 aliphatic heterocycles. The van der Waals surface area contributed by atoms with Gasteiger partial charge in [-0.1, -0.05) is 32.8 Å². The maximum absolute atomic E-state index is 13.2. The minimum absolute atomic E-state index is 0.161. The molecule has 1 aromatic carbocycles. The van der Waals surface area contributed by atoms with Crippen LogP contribution in [0.4, 0.5) is 10.1 Å². The third kappa shape index (κ3) is 4.38. The number of halogens is 1. The van der Waals surface area contributed by atoms with Crippen molar-refractivity contribution in [2.24, 2.45) is 22.1 Å². The zero-order valence-electron chi connectivity index (χ0n) is 17.5. The number of nitrogens with zero attached hydrogens (tertiary/aromatic N) is 1. The Bertz CT molecular complexity index is 757. The maximum Gasteiger partial charge on any atom is 0.123 e. The summed E-state index contributed by atoms with van der Waals surface area (Å²) >= 11 is 0. The third-order valence-corrected chi connectivity index (χ3v) is 6.57. The Morgan fingerprint density at radius 3 is 2.71 bits per heavy atom. The van der Waals surface area contributed by atoms with Crippen LogP contribution in [0.5, 0.6) is 0 Å². The van der Waals surface area contributed by atoms with Gasteiger partial charge >= 0.3 is 0 Å². The Morgan fingerprint density at radius 1 is 1.32 bits per heavy atom. The smallest absolute Gasteiger partial charge is 0.123 e. The van der Waals surface area contributed by atoms with E-state index in [1.807, 2.05) is 0 Å². The second-order valence-electron chi connectivity index (χ2n) is 8.44. The van der Waals surface area contributed by atoms with E-state index < -0.39 is 0 Å². The van der Waals surface area contributed by atoms with Gasteiger partial charge in [-0.05, 0) is 92.1 Å². The largest absolute Gasteiger partial charge is 0.404 e.